The van der Waals surface area contributed by atoms with Crippen molar-refractivity contribution >= 4 is 11.9 Å². The van der Waals surface area contributed by atoms with Gasteiger partial charge >= 0.3 is 11.9 Å². The van der Waals surface area contributed by atoms with E-state index in [-0.39, 0.29) is 6.42 Å². The number of rotatable bonds is 4. The molecule has 0 unspecified atom stereocenters. The van der Waals surface area contributed by atoms with Crippen molar-refractivity contribution in [2.45, 2.75) is 32.8 Å². The molecule has 0 aliphatic heterocycles. The van der Waals surface area contributed by atoms with E-state index in [9.17, 15) is 9.59 Å². The van der Waals surface area contributed by atoms with Gasteiger partial charge in [-0.1, -0.05) is 30.3 Å². The largest absolute Gasteiger partial charge is 0.481 e. The molecule has 98 valence electrons. The molecule has 0 aliphatic rings. The van der Waals surface area contributed by atoms with E-state index in [2.05, 4.69) is 0 Å². The van der Waals surface area contributed by atoms with Crippen LogP contribution in [0.2, 0.25) is 0 Å². The molecule has 1 N–H and O–H groups in total. The number of aliphatic carboxylic acids is 1. The lowest BCUT2D eigenvalue weighted by molar-refractivity contribution is -0.166. The minimum Gasteiger partial charge on any atom is -0.481 e. The van der Waals surface area contributed by atoms with Gasteiger partial charge in [0, 0.05) is 0 Å². The van der Waals surface area contributed by atoms with Gasteiger partial charge < -0.3 is 9.84 Å². The topological polar surface area (TPSA) is 63.6 Å². The van der Waals surface area contributed by atoms with E-state index in [1.165, 1.54) is 0 Å². The van der Waals surface area contributed by atoms with Crippen LogP contribution in [-0.2, 0) is 20.7 Å². The van der Waals surface area contributed by atoms with E-state index < -0.39 is 23.5 Å². The summed E-state index contributed by atoms with van der Waals surface area (Å²) in [6.07, 6.45) is 0.144. The first-order valence-electron chi connectivity index (χ1n) is 5.79. The first kappa shape index (κ1) is 14.2. The zero-order valence-corrected chi connectivity index (χ0v) is 10.8. The Hall–Kier alpha value is -1.84. The van der Waals surface area contributed by atoms with Crippen molar-refractivity contribution in [1.29, 1.82) is 0 Å². The van der Waals surface area contributed by atoms with E-state index in [1.54, 1.807) is 32.9 Å². The van der Waals surface area contributed by atoms with Gasteiger partial charge in [0.1, 0.15) is 5.60 Å². The summed E-state index contributed by atoms with van der Waals surface area (Å²) in [5.74, 6) is -3.02. The standard InChI is InChI=1S/C14H18O4/c1-14(2,3)18-13(17)11(12(15)16)9-10-7-5-4-6-8-10/h4-8,11H,9H2,1-3H3,(H,15,16)/t11-/m0/s1. The lowest BCUT2D eigenvalue weighted by Crippen LogP contribution is -2.33. The second-order valence-corrected chi connectivity index (χ2v) is 5.11. The summed E-state index contributed by atoms with van der Waals surface area (Å²) in [5, 5.41) is 9.10. The average Bonchev–Trinajstić information content (AvgIpc) is 2.24. The Balaban J connectivity index is 2.78. The van der Waals surface area contributed by atoms with Crippen molar-refractivity contribution in [2.24, 2.45) is 5.92 Å². The number of esters is 1. The predicted octanol–water partition coefficient (Wildman–Crippen LogP) is 2.27. The van der Waals surface area contributed by atoms with Crippen LogP contribution < -0.4 is 0 Å². The molecule has 4 nitrogen and oxygen atoms in total. The summed E-state index contributed by atoms with van der Waals surface area (Å²) in [6.45, 7) is 5.14. The van der Waals surface area contributed by atoms with Gasteiger partial charge in [0.25, 0.3) is 0 Å². The molecule has 0 fully saturated rings. The Morgan fingerprint density at radius 2 is 1.78 bits per heavy atom. The molecule has 1 aromatic rings. The molecule has 0 heterocycles. The average molecular weight is 250 g/mol. The number of carboxylic acid groups (broad SMARTS) is 1. The monoisotopic (exact) mass is 250 g/mol. The van der Waals surface area contributed by atoms with Gasteiger partial charge in [-0.25, -0.2) is 0 Å². The highest BCUT2D eigenvalue weighted by Gasteiger charge is 2.31. The van der Waals surface area contributed by atoms with Crippen molar-refractivity contribution in [3.05, 3.63) is 35.9 Å². The van der Waals surface area contributed by atoms with Gasteiger partial charge in [-0.05, 0) is 32.8 Å². The van der Waals surface area contributed by atoms with Gasteiger partial charge in [0.15, 0.2) is 5.92 Å². The second-order valence-electron chi connectivity index (χ2n) is 5.11. The number of benzene rings is 1. The predicted molar refractivity (Wildman–Crippen MR) is 67.1 cm³/mol. The third-order valence-corrected chi connectivity index (χ3v) is 2.27. The molecule has 1 rings (SSSR count). The molecule has 0 radical (unpaired) electrons. The summed E-state index contributed by atoms with van der Waals surface area (Å²) in [5.41, 5.74) is 0.123. The highest BCUT2D eigenvalue weighted by Crippen LogP contribution is 2.15. The maximum absolute atomic E-state index is 11.8. The van der Waals surface area contributed by atoms with Crippen LogP contribution in [0.1, 0.15) is 26.3 Å². The summed E-state index contributed by atoms with van der Waals surface area (Å²) < 4.78 is 5.11. The third kappa shape index (κ3) is 4.57. The van der Waals surface area contributed by atoms with Crippen molar-refractivity contribution in [1.82, 2.24) is 0 Å². The fourth-order valence-corrected chi connectivity index (χ4v) is 1.49. The molecule has 0 amide bonds. The quantitative estimate of drug-likeness (QED) is 0.657. The van der Waals surface area contributed by atoms with Gasteiger partial charge in [0.2, 0.25) is 0 Å². The highest BCUT2D eigenvalue weighted by molar-refractivity contribution is 5.94. The molecule has 0 aromatic heterocycles. The Kier molecular flexibility index (Phi) is 4.48. The smallest absolute Gasteiger partial charge is 0.321 e. The molecule has 0 aliphatic carbocycles. The van der Waals surface area contributed by atoms with Crippen molar-refractivity contribution in [3.8, 4) is 0 Å². The minimum atomic E-state index is -1.16. The first-order chi connectivity index (χ1) is 8.29. The van der Waals surface area contributed by atoms with E-state index in [0.29, 0.717) is 0 Å². The number of carbonyl (C=O) groups is 2. The van der Waals surface area contributed by atoms with Crippen LogP contribution in [0.5, 0.6) is 0 Å². The Morgan fingerprint density at radius 3 is 2.22 bits per heavy atom. The normalized spacial score (nSPS) is 12.8. The number of hydrogen-bond acceptors (Lipinski definition) is 3. The van der Waals surface area contributed by atoms with Crippen LogP contribution in [0.4, 0.5) is 0 Å². The second kappa shape index (κ2) is 5.67. The molecule has 18 heavy (non-hydrogen) atoms. The zero-order chi connectivity index (χ0) is 13.8. The van der Waals surface area contributed by atoms with E-state index >= 15 is 0 Å². The number of hydrogen-bond donors (Lipinski definition) is 1. The van der Waals surface area contributed by atoms with Crippen molar-refractivity contribution in [3.63, 3.8) is 0 Å². The molecular weight excluding hydrogens is 232 g/mol. The maximum Gasteiger partial charge on any atom is 0.321 e. The lowest BCUT2D eigenvalue weighted by atomic mass is 9.99. The molecule has 1 aromatic carbocycles. The molecular formula is C14H18O4. The number of carboxylic acids is 1. The molecule has 0 saturated carbocycles. The maximum atomic E-state index is 11.8. The van der Waals surface area contributed by atoms with Crippen LogP contribution in [0.25, 0.3) is 0 Å². The fourth-order valence-electron chi connectivity index (χ4n) is 1.49. The van der Waals surface area contributed by atoms with Crippen LogP contribution in [-0.4, -0.2) is 22.6 Å². The molecule has 4 heteroatoms. The lowest BCUT2D eigenvalue weighted by Gasteiger charge is -2.22. The first-order valence-corrected chi connectivity index (χ1v) is 5.79. The van der Waals surface area contributed by atoms with Crippen molar-refractivity contribution < 1.29 is 19.4 Å². The van der Waals surface area contributed by atoms with Crippen LogP contribution in [0.15, 0.2) is 30.3 Å². The zero-order valence-electron chi connectivity index (χ0n) is 10.8. The third-order valence-electron chi connectivity index (χ3n) is 2.27. The molecule has 0 bridgehead atoms. The Labute approximate surface area is 107 Å². The van der Waals surface area contributed by atoms with Crippen LogP contribution >= 0.6 is 0 Å². The number of carbonyl (C=O) groups excluding carboxylic acids is 1. The van der Waals surface area contributed by atoms with E-state index in [1.807, 2.05) is 18.2 Å². The summed E-state index contributed by atoms with van der Waals surface area (Å²) in [4.78, 5) is 22.9. The van der Waals surface area contributed by atoms with Gasteiger partial charge in [-0.2, -0.15) is 0 Å². The Morgan fingerprint density at radius 1 is 1.22 bits per heavy atom. The number of ether oxygens (including phenoxy) is 1. The SMILES string of the molecule is CC(C)(C)OC(=O)[C@@H](Cc1ccccc1)C(=O)O. The fraction of sp³-hybridized carbons (Fsp3) is 0.429. The van der Waals surface area contributed by atoms with Crippen molar-refractivity contribution in [2.75, 3.05) is 0 Å². The van der Waals surface area contributed by atoms with E-state index in [0.717, 1.165) is 5.56 Å². The van der Waals surface area contributed by atoms with Crippen LogP contribution in [0.3, 0.4) is 0 Å². The highest BCUT2D eigenvalue weighted by atomic mass is 16.6. The molecule has 1 atom stereocenters. The summed E-state index contributed by atoms with van der Waals surface area (Å²) in [6, 6.07) is 9.04. The van der Waals surface area contributed by atoms with Gasteiger partial charge in [-0.15, -0.1) is 0 Å². The summed E-state index contributed by atoms with van der Waals surface area (Å²) in [7, 11) is 0. The Bertz CT molecular complexity index is 417. The summed E-state index contributed by atoms with van der Waals surface area (Å²) >= 11 is 0. The van der Waals surface area contributed by atoms with Gasteiger partial charge in [-0.3, -0.25) is 9.59 Å². The van der Waals surface area contributed by atoms with E-state index in [4.69, 9.17) is 9.84 Å². The molecule has 0 saturated heterocycles. The van der Waals surface area contributed by atoms with Gasteiger partial charge in [0.05, 0.1) is 0 Å². The van der Waals surface area contributed by atoms with Crippen LogP contribution in [0, 0.1) is 5.92 Å². The minimum absolute atomic E-state index is 0.144. The molecule has 0 spiro atoms.